The summed E-state index contributed by atoms with van der Waals surface area (Å²) in [6, 6.07) is 5.24. The summed E-state index contributed by atoms with van der Waals surface area (Å²) in [5.74, 6) is -0.351. The molecule has 0 radical (unpaired) electrons. The van der Waals surface area contributed by atoms with Gasteiger partial charge in [0.15, 0.2) is 18.4 Å². The highest BCUT2D eigenvalue weighted by Gasteiger charge is 2.46. The number of rotatable bonds is 1. The molecule has 3 atom stereocenters. The summed E-state index contributed by atoms with van der Waals surface area (Å²) in [6.45, 7) is 1.88. The number of nitrogens with zero attached hydrogens (tertiary/aromatic N) is 2. The number of hydrogen-bond acceptors (Lipinski definition) is 3. The van der Waals surface area contributed by atoms with Crippen molar-refractivity contribution in [3.8, 4) is 0 Å². The third-order valence-electron chi connectivity index (χ3n) is 5.08. The first-order chi connectivity index (χ1) is 9.72. The van der Waals surface area contributed by atoms with Crippen molar-refractivity contribution in [1.82, 2.24) is 10.2 Å². The number of pyridine rings is 1. The van der Waals surface area contributed by atoms with Crippen LogP contribution in [-0.4, -0.2) is 29.1 Å². The van der Waals surface area contributed by atoms with E-state index in [9.17, 15) is 4.79 Å². The molecule has 1 saturated heterocycles. The largest absolute Gasteiger partial charge is 0.365 e. The molecule has 3 heterocycles. The molecule has 106 valence electrons. The van der Waals surface area contributed by atoms with E-state index >= 15 is 0 Å². The minimum atomic E-state index is -0.351. The number of nitrogens with two attached hydrogens (primary N) is 1. The van der Waals surface area contributed by atoms with Crippen LogP contribution in [-0.2, 0) is 13.1 Å². The van der Waals surface area contributed by atoms with Crippen molar-refractivity contribution in [2.24, 2.45) is 5.73 Å². The second-order valence-corrected chi connectivity index (χ2v) is 6.24. The number of nitrogens with one attached hydrogen (secondary N) is 1. The van der Waals surface area contributed by atoms with Crippen LogP contribution < -0.4 is 15.6 Å². The molecule has 0 spiro atoms. The van der Waals surface area contributed by atoms with E-state index in [1.165, 1.54) is 31.4 Å². The van der Waals surface area contributed by atoms with E-state index in [1.807, 2.05) is 18.3 Å². The number of hydrogen-bond donors (Lipinski definition) is 2. The molecule has 1 aliphatic carbocycles. The minimum absolute atomic E-state index is 0.351. The molecular weight excluding hydrogens is 252 g/mol. The Hall–Kier alpha value is -1.46. The fourth-order valence-corrected chi connectivity index (χ4v) is 4.07. The smallest absolute Gasteiger partial charge is 0.254 e. The molecule has 3 aliphatic rings. The predicted octanol–water partition coefficient (Wildman–Crippen LogP) is 0.129. The van der Waals surface area contributed by atoms with Gasteiger partial charge in [-0.3, -0.25) is 15.0 Å². The Labute approximate surface area is 118 Å². The van der Waals surface area contributed by atoms with Crippen LogP contribution in [0.2, 0.25) is 0 Å². The van der Waals surface area contributed by atoms with Gasteiger partial charge in [-0.1, -0.05) is 12.8 Å². The van der Waals surface area contributed by atoms with Crippen molar-refractivity contribution >= 4 is 5.91 Å². The number of amides is 1. The molecular formula is C15H21N4O+. The standard InChI is InChI=1S/C15H20N4O/c16-15(20)10-5-6-11-8-19-13-4-2-1-3-12(13)17-14(19)9-18(11)7-10/h5-7,12-14,17H,1-4,8-9H2,(H-,16,20)/p+1. The van der Waals surface area contributed by atoms with Crippen LogP contribution in [0.1, 0.15) is 41.7 Å². The number of carbonyl (C=O) groups is 1. The van der Waals surface area contributed by atoms with Gasteiger partial charge >= 0.3 is 0 Å². The molecule has 3 N–H and O–H groups in total. The van der Waals surface area contributed by atoms with E-state index in [0.717, 1.165) is 13.1 Å². The first-order valence-corrected chi connectivity index (χ1v) is 7.56. The van der Waals surface area contributed by atoms with Crippen LogP contribution in [0, 0.1) is 0 Å². The Bertz CT molecular complexity index is 559. The summed E-state index contributed by atoms with van der Waals surface area (Å²) in [4.78, 5) is 13.9. The third-order valence-corrected chi connectivity index (χ3v) is 5.08. The zero-order valence-electron chi connectivity index (χ0n) is 11.6. The normalized spacial score (nSPS) is 32.3. The van der Waals surface area contributed by atoms with E-state index in [0.29, 0.717) is 23.8 Å². The summed E-state index contributed by atoms with van der Waals surface area (Å²) in [7, 11) is 0. The van der Waals surface area contributed by atoms with E-state index < -0.39 is 0 Å². The van der Waals surface area contributed by atoms with Crippen molar-refractivity contribution in [2.45, 2.75) is 57.0 Å². The summed E-state index contributed by atoms with van der Waals surface area (Å²) in [5.41, 5.74) is 7.24. The molecule has 5 heteroatoms. The lowest BCUT2D eigenvalue weighted by Gasteiger charge is -2.33. The second-order valence-electron chi connectivity index (χ2n) is 6.24. The Morgan fingerprint density at radius 1 is 1.35 bits per heavy atom. The van der Waals surface area contributed by atoms with Gasteiger partial charge in [0, 0.05) is 18.2 Å². The summed E-state index contributed by atoms with van der Waals surface area (Å²) < 4.78 is 2.19. The molecule has 1 aromatic rings. The van der Waals surface area contributed by atoms with Crippen molar-refractivity contribution in [3.05, 3.63) is 29.6 Å². The average molecular weight is 273 g/mol. The highest BCUT2D eigenvalue weighted by Crippen LogP contribution is 2.32. The van der Waals surface area contributed by atoms with Gasteiger partial charge in [-0.2, -0.15) is 4.57 Å². The van der Waals surface area contributed by atoms with Crippen molar-refractivity contribution < 1.29 is 9.36 Å². The van der Waals surface area contributed by atoms with Gasteiger partial charge in [0.05, 0.1) is 6.54 Å². The highest BCUT2D eigenvalue weighted by atomic mass is 16.1. The van der Waals surface area contributed by atoms with Crippen LogP contribution >= 0.6 is 0 Å². The molecule has 3 unspecified atom stereocenters. The Morgan fingerprint density at radius 2 is 2.20 bits per heavy atom. The van der Waals surface area contributed by atoms with Crippen LogP contribution in [0.15, 0.2) is 18.3 Å². The van der Waals surface area contributed by atoms with Gasteiger partial charge in [0.25, 0.3) is 5.91 Å². The fraction of sp³-hybridized carbons (Fsp3) is 0.600. The maximum absolute atomic E-state index is 11.3. The molecule has 2 fully saturated rings. The molecule has 0 bridgehead atoms. The van der Waals surface area contributed by atoms with Crippen LogP contribution in [0.3, 0.4) is 0 Å². The molecule has 1 amide bonds. The number of carbonyl (C=O) groups excluding carboxylic acids is 1. The molecule has 5 nitrogen and oxygen atoms in total. The molecule has 20 heavy (non-hydrogen) atoms. The molecule has 1 saturated carbocycles. The number of aromatic nitrogens is 1. The van der Waals surface area contributed by atoms with Crippen molar-refractivity contribution in [3.63, 3.8) is 0 Å². The van der Waals surface area contributed by atoms with E-state index in [1.54, 1.807) is 0 Å². The Morgan fingerprint density at radius 3 is 3.05 bits per heavy atom. The fourth-order valence-electron chi connectivity index (χ4n) is 4.07. The van der Waals surface area contributed by atoms with Gasteiger partial charge in [-0.25, -0.2) is 0 Å². The number of fused-ring (bicyclic) bond motifs is 4. The van der Waals surface area contributed by atoms with Crippen LogP contribution in [0.5, 0.6) is 0 Å². The predicted molar refractivity (Wildman–Crippen MR) is 73.7 cm³/mol. The summed E-state index contributed by atoms with van der Waals surface area (Å²) in [6.07, 6.45) is 7.62. The maximum atomic E-state index is 11.3. The highest BCUT2D eigenvalue weighted by molar-refractivity contribution is 5.92. The maximum Gasteiger partial charge on any atom is 0.254 e. The van der Waals surface area contributed by atoms with E-state index in [2.05, 4.69) is 14.8 Å². The topological polar surface area (TPSA) is 62.2 Å². The zero-order valence-corrected chi connectivity index (χ0v) is 11.6. The SMILES string of the molecule is NC(=O)c1ccc2[n+](c1)CC1NC3CCCCC3N1C2. The Kier molecular flexibility index (Phi) is 2.79. The third kappa shape index (κ3) is 1.84. The van der Waals surface area contributed by atoms with Gasteiger partial charge < -0.3 is 5.73 Å². The number of primary amides is 1. The lowest BCUT2D eigenvalue weighted by atomic mass is 9.91. The Balaban J connectivity index is 1.63. The minimum Gasteiger partial charge on any atom is -0.365 e. The molecule has 4 rings (SSSR count). The summed E-state index contributed by atoms with van der Waals surface area (Å²) in [5, 5.41) is 3.77. The second kappa shape index (κ2) is 4.53. The van der Waals surface area contributed by atoms with E-state index in [-0.39, 0.29) is 5.91 Å². The van der Waals surface area contributed by atoms with Crippen LogP contribution in [0.25, 0.3) is 0 Å². The van der Waals surface area contributed by atoms with Gasteiger partial charge in [0.1, 0.15) is 11.7 Å². The lowest BCUT2D eigenvalue weighted by Crippen LogP contribution is -2.57. The monoisotopic (exact) mass is 273 g/mol. The van der Waals surface area contributed by atoms with Crippen LogP contribution in [0.4, 0.5) is 0 Å². The van der Waals surface area contributed by atoms with Crippen molar-refractivity contribution in [2.75, 3.05) is 0 Å². The first-order valence-electron chi connectivity index (χ1n) is 7.56. The zero-order chi connectivity index (χ0) is 13.7. The quantitative estimate of drug-likeness (QED) is 0.715. The molecule has 0 aromatic carbocycles. The molecule has 2 aliphatic heterocycles. The van der Waals surface area contributed by atoms with E-state index in [4.69, 9.17) is 5.73 Å². The molecule has 1 aromatic heterocycles. The average Bonchev–Trinajstić information content (AvgIpc) is 2.81. The van der Waals surface area contributed by atoms with Gasteiger partial charge in [-0.15, -0.1) is 0 Å². The summed E-state index contributed by atoms with van der Waals surface area (Å²) >= 11 is 0. The lowest BCUT2D eigenvalue weighted by molar-refractivity contribution is -0.717. The van der Waals surface area contributed by atoms with Gasteiger partial charge in [0.2, 0.25) is 0 Å². The first kappa shape index (κ1) is 12.3. The van der Waals surface area contributed by atoms with Gasteiger partial charge in [-0.05, 0) is 18.9 Å². The van der Waals surface area contributed by atoms with Crippen molar-refractivity contribution in [1.29, 1.82) is 0 Å².